The summed E-state index contributed by atoms with van der Waals surface area (Å²) in [6.45, 7) is 7.15. The zero-order valence-electron chi connectivity index (χ0n) is 13.6. The van der Waals surface area contributed by atoms with E-state index in [9.17, 15) is 9.59 Å². The van der Waals surface area contributed by atoms with Crippen molar-refractivity contribution in [3.8, 4) is 0 Å². The first-order chi connectivity index (χ1) is 11.4. The van der Waals surface area contributed by atoms with E-state index in [1.54, 1.807) is 39.8 Å². The van der Waals surface area contributed by atoms with Crippen LogP contribution in [-0.2, 0) is 22.6 Å². The van der Waals surface area contributed by atoms with Gasteiger partial charge in [-0.1, -0.05) is 0 Å². The molecule has 0 aliphatic rings. The van der Waals surface area contributed by atoms with Gasteiger partial charge in [0.1, 0.15) is 11.5 Å². The van der Waals surface area contributed by atoms with Gasteiger partial charge in [0.05, 0.1) is 24.6 Å². The van der Waals surface area contributed by atoms with Gasteiger partial charge in [-0.2, -0.15) is 9.98 Å². The van der Waals surface area contributed by atoms with Crippen LogP contribution in [0.25, 0.3) is 0 Å². The monoisotopic (exact) mass is 420 g/mol. The van der Waals surface area contributed by atoms with Crippen molar-refractivity contribution in [3.63, 3.8) is 0 Å². The molecule has 2 amide bonds. The molecule has 1 aromatic heterocycles. The van der Waals surface area contributed by atoms with Gasteiger partial charge in [0, 0.05) is 0 Å². The van der Waals surface area contributed by atoms with Crippen LogP contribution in [0.5, 0.6) is 0 Å². The second kappa shape index (κ2) is 13.0. The van der Waals surface area contributed by atoms with Crippen LogP contribution in [0.2, 0.25) is 0 Å². The molecule has 0 bridgehead atoms. The number of hydrogen-bond acceptors (Lipinski definition) is 5. The molecule has 136 valence electrons. The topological polar surface area (TPSA) is 90.5 Å². The molecule has 10 heteroatoms. The number of carbonyl (C=O) groups is 2. The normalized spacial score (nSPS) is 11.6. The Hall–Kier alpha value is -1.34. The Morgan fingerprint density at radius 3 is 1.62 bits per heavy atom. The predicted octanol–water partition coefficient (Wildman–Crippen LogP) is 4.59. The third kappa shape index (κ3) is 9.08. The molecule has 0 unspecified atom stereocenters. The fourth-order valence-corrected chi connectivity index (χ4v) is 1.42. The van der Waals surface area contributed by atoms with Gasteiger partial charge in [0.15, 0.2) is 0 Å². The fourth-order valence-electron chi connectivity index (χ4n) is 1.42. The molecule has 0 fully saturated rings. The molecule has 1 aromatic rings. The van der Waals surface area contributed by atoms with Gasteiger partial charge in [-0.25, -0.2) is 9.59 Å². The number of carbonyl (C=O) groups excluding carboxylic acids is 2. The molecule has 0 N–H and O–H groups in total. The summed E-state index contributed by atoms with van der Waals surface area (Å²) in [7, 11) is 9.53. The van der Waals surface area contributed by atoms with Gasteiger partial charge in [0.25, 0.3) is 0 Å². The first-order valence-corrected chi connectivity index (χ1v) is 9.83. The summed E-state index contributed by atoms with van der Waals surface area (Å²) in [5.74, 6) is 0.799. The Bertz CT molecular complexity index is 553. The molecule has 24 heavy (non-hydrogen) atoms. The minimum absolute atomic E-state index is 0.194. The van der Waals surface area contributed by atoms with Crippen LogP contribution in [0, 0.1) is 0 Å². The van der Waals surface area contributed by atoms with Crippen LogP contribution >= 0.6 is 20.2 Å². The zero-order valence-corrected chi connectivity index (χ0v) is 16.2. The van der Waals surface area contributed by atoms with E-state index in [1.165, 1.54) is 0 Å². The van der Waals surface area contributed by atoms with E-state index < -0.39 is 12.2 Å². The van der Waals surface area contributed by atoms with Crippen molar-refractivity contribution in [1.29, 1.82) is 0 Å². The Balaban J connectivity index is 0.00000163. The molecule has 7 nitrogen and oxygen atoms in total. The van der Waals surface area contributed by atoms with Crippen molar-refractivity contribution in [2.45, 2.75) is 27.7 Å². The van der Waals surface area contributed by atoms with Crippen LogP contribution in [0.1, 0.15) is 39.2 Å². The summed E-state index contributed by atoms with van der Waals surface area (Å²) >= 11 is 0.194. The summed E-state index contributed by atoms with van der Waals surface area (Å²) < 4.78 is 14.9. The number of aliphatic imine (C=N–C) groups is 2. The average molecular weight is 421 g/mol. The molecule has 0 spiro atoms. The Labute approximate surface area is 155 Å². The second-order valence-electron chi connectivity index (χ2n) is 4.01. The van der Waals surface area contributed by atoms with E-state index >= 15 is 0 Å². The molecule has 0 aliphatic heterocycles. The number of amides is 2. The number of halogens is 2. The first-order valence-electron chi connectivity index (χ1n) is 6.79. The van der Waals surface area contributed by atoms with Crippen LogP contribution < -0.4 is 0 Å². The van der Waals surface area contributed by atoms with Crippen molar-refractivity contribution < 1.29 is 36.6 Å². The van der Waals surface area contributed by atoms with E-state index in [0.29, 0.717) is 22.9 Å². The summed E-state index contributed by atoms with van der Waals surface area (Å²) in [5, 5.41) is 0. The number of rotatable bonds is 4. The van der Waals surface area contributed by atoms with E-state index in [2.05, 4.69) is 9.98 Å². The maximum atomic E-state index is 11.2. The molecule has 0 aliphatic carbocycles. The average Bonchev–Trinajstić information content (AvgIpc) is 2.98. The van der Waals surface area contributed by atoms with Crippen molar-refractivity contribution in [1.82, 2.24) is 0 Å². The Kier molecular flexibility index (Phi) is 12.3. The summed E-state index contributed by atoms with van der Waals surface area (Å²) in [6, 6.07) is 3.27. The quantitative estimate of drug-likeness (QED) is 0.524. The number of nitrogens with zero attached hydrogens (tertiary/aromatic N) is 2. The van der Waals surface area contributed by atoms with E-state index in [4.69, 9.17) is 34.1 Å². The Morgan fingerprint density at radius 2 is 1.33 bits per heavy atom. The molecule has 1 rings (SSSR count). The molecule has 0 radical (unpaired) electrons. The predicted molar refractivity (Wildman–Crippen MR) is 88.9 cm³/mol. The summed E-state index contributed by atoms with van der Waals surface area (Å²) in [6.07, 6.45) is -1.35. The minimum atomic E-state index is -0.676. The molecule has 0 saturated carbocycles. The fraction of sp³-hybridized carbons (Fsp3) is 0.429. The zero-order chi connectivity index (χ0) is 18.5. The molecule has 0 atom stereocenters. The van der Waals surface area contributed by atoms with Crippen molar-refractivity contribution in [2.24, 2.45) is 9.98 Å². The molecule has 1 heterocycles. The van der Waals surface area contributed by atoms with Gasteiger partial charge in [-0.05, 0) is 39.8 Å². The van der Waals surface area contributed by atoms with Gasteiger partial charge in [-0.3, -0.25) is 0 Å². The van der Waals surface area contributed by atoms with Crippen LogP contribution in [0.3, 0.4) is 0 Å². The molecular weight excluding hydrogens is 403 g/mol. The van der Waals surface area contributed by atoms with Crippen molar-refractivity contribution in [2.75, 3.05) is 13.2 Å². The van der Waals surface area contributed by atoms with Crippen LogP contribution in [0.4, 0.5) is 9.59 Å². The number of hydrogen-bond donors (Lipinski definition) is 0. The summed E-state index contributed by atoms with van der Waals surface area (Å²) in [4.78, 5) is 30.0. The van der Waals surface area contributed by atoms with Gasteiger partial charge >= 0.3 is 45.5 Å². The van der Waals surface area contributed by atoms with Crippen LogP contribution in [0.15, 0.2) is 26.5 Å². The van der Waals surface area contributed by atoms with Crippen molar-refractivity contribution in [3.05, 3.63) is 23.7 Å². The van der Waals surface area contributed by atoms with E-state index in [-0.39, 0.29) is 26.3 Å². The maximum absolute atomic E-state index is 11.2. The van der Waals surface area contributed by atoms with Crippen molar-refractivity contribution >= 4 is 43.8 Å². The SMILES string of the molecule is CCOC(=O)/N=C(\C)c1ccc(/C(C)=N/C(=O)OCC)o1.[Cl][Fe][Cl]. The third-order valence-electron chi connectivity index (χ3n) is 2.37. The molecule has 0 aromatic carbocycles. The second-order valence-corrected chi connectivity index (χ2v) is 5.83. The van der Waals surface area contributed by atoms with E-state index in [1.807, 2.05) is 0 Å². The molecular formula is C14H18Cl2FeN2O5. The summed E-state index contributed by atoms with van der Waals surface area (Å²) in [5.41, 5.74) is 0.757. The number of ether oxygens (including phenoxy) is 2. The number of furan rings is 1. The standard InChI is InChI=1S/C14H18N2O5.2ClH.Fe/c1-5-19-13(17)15-9(3)11-7-8-12(21-11)10(4)16-14(18)20-6-2;;;/h7-8H,5-6H2,1-4H3;2*1H;/q;;;+2/p-2/b15-9+,16-10+;;;. The van der Waals surface area contributed by atoms with Crippen LogP contribution in [-0.4, -0.2) is 36.8 Å². The van der Waals surface area contributed by atoms with Gasteiger partial charge < -0.3 is 13.9 Å². The van der Waals surface area contributed by atoms with Gasteiger partial charge in [0.2, 0.25) is 0 Å². The Morgan fingerprint density at radius 1 is 1.00 bits per heavy atom. The first kappa shape index (κ1) is 22.7. The molecule has 0 saturated heterocycles. The third-order valence-corrected chi connectivity index (χ3v) is 2.37. The van der Waals surface area contributed by atoms with Gasteiger partial charge in [-0.15, -0.1) is 0 Å². The van der Waals surface area contributed by atoms with E-state index in [0.717, 1.165) is 0 Å².